The summed E-state index contributed by atoms with van der Waals surface area (Å²) >= 11 is 0. The summed E-state index contributed by atoms with van der Waals surface area (Å²) in [7, 11) is 0. The van der Waals surface area contributed by atoms with Gasteiger partial charge >= 0.3 is 0 Å². The van der Waals surface area contributed by atoms with Crippen LogP contribution in [-0.2, 0) is 0 Å². The number of aromatic amines is 1. The van der Waals surface area contributed by atoms with E-state index in [9.17, 15) is 5.11 Å². The van der Waals surface area contributed by atoms with Gasteiger partial charge in [0.05, 0.1) is 17.1 Å². The van der Waals surface area contributed by atoms with E-state index in [1.807, 2.05) is 6.92 Å². The number of fused-ring (bicyclic) bond motifs is 1. The zero-order chi connectivity index (χ0) is 9.42. The fourth-order valence-electron chi connectivity index (χ4n) is 1.23. The standard InChI is InChI=1S/C9H11N3O/c1-5(10)9-11-7-3-2-6(13)4-8(7)12-9/h2-5,13H,10H2,1H3,(H,11,12)/t5-/m0/s1. The van der Waals surface area contributed by atoms with Crippen molar-refractivity contribution in [2.24, 2.45) is 5.73 Å². The summed E-state index contributed by atoms with van der Waals surface area (Å²) in [5, 5.41) is 9.20. The SMILES string of the molecule is C[C@H](N)c1nc2ccc(O)cc2[nH]1. The minimum absolute atomic E-state index is 0.116. The van der Waals surface area contributed by atoms with Crippen LogP contribution in [-0.4, -0.2) is 15.1 Å². The summed E-state index contributed by atoms with van der Waals surface area (Å²) in [5.74, 6) is 0.966. The molecule has 0 fully saturated rings. The van der Waals surface area contributed by atoms with Crippen molar-refractivity contribution >= 4 is 11.0 Å². The number of hydrogen-bond donors (Lipinski definition) is 3. The second-order valence-corrected chi connectivity index (χ2v) is 3.11. The predicted octanol–water partition coefficient (Wildman–Crippen LogP) is 1.29. The Morgan fingerprint density at radius 1 is 1.54 bits per heavy atom. The van der Waals surface area contributed by atoms with Crippen molar-refractivity contribution in [3.8, 4) is 5.75 Å². The quantitative estimate of drug-likeness (QED) is 0.614. The lowest BCUT2D eigenvalue weighted by molar-refractivity contribution is 0.476. The number of rotatable bonds is 1. The Morgan fingerprint density at radius 2 is 2.31 bits per heavy atom. The molecule has 0 aliphatic heterocycles. The van der Waals surface area contributed by atoms with Crippen LogP contribution in [0.3, 0.4) is 0 Å². The molecular formula is C9H11N3O. The maximum absolute atomic E-state index is 9.20. The van der Waals surface area contributed by atoms with Crippen LogP contribution in [0.1, 0.15) is 18.8 Å². The van der Waals surface area contributed by atoms with Crippen LogP contribution in [0.2, 0.25) is 0 Å². The van der Waals surface area contributed by atoms with Crippen molar-refractivity contribution in [1.82, 2.24) is 9.97 Å². The molecule has 1 aromatic carbocycles. The number of phenols is 1. The Balaban J connectivity index is 2.62. The van der Waals surface area contributed by atoms with E-state index < -0.39 is 0 Å². The van der Waals surface area contributed by atoms with Gasteiger partial charge in [-0.3, -0.25) is 0 Å². The number of aromatic hydroxyl groups is 1. The van der Waals surface area contributed by atoms with Gasteiger partial charge < -0.3 is 15.8 Å². The number of hydrogen-bond acceptors (Lipinski definition) is 3. The van der Waals surface area contributed by atoms with Gasteiger partial charge in [-0.1, -0.05) is 0 Å². The van der Waals surface area contributed by atoms with Crippen LogP contribution < -0.4 is 5.73 Å². The highest BCUT2D eigenvalue weighted by Gasteiger charge is 2.06. The Morgan fingerprint density at radius 3 is 3.00 bits per heavy atom. The summed E-state index contributed by atoms with van der Waals surface area (Å²) < 4.78 is 0. The van der Waals surface area contributed by atoms with Gasteiger partial charge in [-0.25, -0.2) is 4.98 Å². The number of imidazole rings is 1. The molecule has 0 radical (unpaired) electrons. The summed E-state index contributed by atoms with van der Waals surface area (Å²) in [6.07, 6.45) is 0. The van der Waals surface area contributed by atoms with E-state index in [-0.39, 0.29) is 11.8 Å². The van der Waals surface area contributed by atoms with Crippen molar-refractivity contribution in [2.75, 3.05) is 0 Å². The summed E-state index contributed by atoms with van der Waals surface area (Å²) in [4.78, 5) is 7.30. The van der Waals surface area contributed by atoms with Gasteiger partial charge in [0.1, 0.15) is 11.6 Å². The number of aromatic nitrogens is 2. The number of nitrogens with zero attached hydrogens (tertiary/aromatic N) is 1. The van der Waals surface area contributed by atoms with Crippen LogP contribution in [0.15, 0.2) is 18.2 Å². The first-order valence-electron chi connectivity index (χ1n) is 4.11. The lowest BCUT2D eigenvalue weighted by Crippen LogP contribution is -2.06. The molecule has 0 aliphatic carbocycles. The fraction of sp³-hybridized carbons (Fsp3) is 0.222. The molecule has 1 atom stereocenters. The molecule has 0 aliphatic rings. The molecule has 2 aromatic rings. The highest BCUT2D eigenvalue weighted by molar-refractivity contribution is 5.76. The van der Waals surface area contributed by atoms with Gasteiger partial charge in [-0.05, 0) is 19.1 Å². The molecule has 0 saturated heterocycles. The van der Waals surface area contributed by atoms with E-state index in [0.717, 1.165) is 16.9 Å². The third-order valence-electron chi connectivity index (χ3n) is 1.92. The van der Waals surface area contributed by atoms with E-state index in [1.54, 1.807) is 18.2 Å². The van der Waals surface area contributed by atoms with Gasteiger partial charge in [-0.2, -0.15) is 0 Å². The second-order valence-electron chi connectivity index (χ2n) is 3.11. The molecule has 0 spiro atoms. The smallest absolute Gasteiger partial charge is 0.123 e. The first kappa shape index (κ1) is 8.07. The summed E-state index contributed by atoms with van der Waals surface area (Å²) in [6.45, 7) is 1.86. The van der Waals surface area contributed by atoms with Crippen LogP contribution >= 0.6 is 0 Å². The number of H-pyrrole nitrogens is 1. The Hall–Kier alpha value is -1.55. The average molecular weight is 177 g/mol. The van der Waals surface area contributed by atoms with E-state index in [0.29, 0.717) is 0 Å². The molecule has 13 heavy (non-hydrogen) atoms. The molecule has 2 rings (SSSR count). The third kappa shape index (κ3) is 1.36. The second kappa shape index (κ2) is 2.74. The van der Waals surface area contributed by atoms with E-state index in [2.05, 4.69) is 9.97 Å². The Bertz CT molecular complexity index is 433. The highest BCUT2D eigenvalue weighted by Crippen LogP contribution is 2.19. The van der Waals surface area contributed by atoms with Crippen LogP contribution in [0.25, 0.3) is 11.0 Å². The van der Waals surface area contributed by atoms with Gasteiger partial charge in [0.15, 0.2) is 0 Å². The highest BCUT2D eigenvalue weighted by atomic mass is 16.3. The molecule has 4 N–H and O–H groups in total. The number of benzene rings is 1. The molecule has 0 amide bonds. The minimum atomic E-state index is -0.116. The van der Waals surface area contributed by atoms with Gasteiger partial charge in [0.25, 0.3) is 0 Å². The Kier molecular flexibility index (Phi) is 1.70. The van der Waals surface area contributed by atoms with Crippen LogP contribution in [0.4, 0.5) is 0 Å². The maximum Gasteiger partial charge on any atom is 0.123 e. The number of phenolic OH excluding ortho intramolecular Hbond substituents is 1. The molecule has 0 bridgehead atoms. The minimum Gasteiger partial charge on any atom is -0.508 e. The fourth-order valence-corrected chi connectivity index (χ4v) is 1.23. The first-order chi connectivity index (χ1) is 6.16. The van der Waals surface area contributed by atoms with E-state index in [4.69, 9.17) is 5.73 Å². The van der Waals surface area contributed by atoms with Gasteiger partial charge in [0.2, 0.25) is 0 Å². The molecule has 1 aromatic heterocycles. The van der Waals surface area contributed by atoms with Crippen LogP contribution in [0, 0.1) is 0 Å². The van der Waals surface area contributed by atoms with Crippen LogP contribution in [0.5, 0.6) is 5.75 Å². The van der Waals surface area contributed by atoms with Gasteiger partial charge in [-0.15, -0.1) is 0 Å². The zero-order valence-electron chi connectivity index (χ0n) is 7.28. The molecular weight excluding hydrogens is 166 g/mol. The molecule has 0 unspecified atom stereocenters. The van der Waals surface area contributed by atoms with Crippen molar-refractivity contribution in [3.63, 3.8) is 0 Å². The van der Waals surface area contributed by atoms with E-state index >= 15 is 0 Å². The molecule has 0 saturated carbocycles. The molecule has 68 valence electrons. The number of nitrogens with one attached hydrogen (secondary N) is 1. The largest absolute Gasteiger partial charge is 0.508 e. The summed E-state index contributed by atoms with van der Waals surface area (Å²) in [5.41, 5.74) is 7.30. The topological polar surface area (TPSA) is 74.9 Å². The molecule has 4 nitrogen and oxygen atoms in total. The lowest BCUT2D eigenvalue weighted by atomic mass is 10.3. The normalized spacial score (nSPS) is 13.4. The monoisotopic (exact) mass is 177 g/mol. The number of nitrogens with two attached hydrogens (primary N) is 1. The summed E-state index contributed by atoms with van der Waals surface area (Å²) in [6, 6.07) is 4.88. The molecule has 1 heterocycles. The van der Waals surface area contributed by atoms with Gasteiger partial charge in [0, 0.05) is 6.07 Å². The van der Waals surface area contributed by atoms with Crippen molar-refractivity contribution < 1.29 is 5.11 Å². The third-order valence-corrected chi connectivity index (χ3v) is 1.92. The Labute approximate surface area is 75.4 Å². The lowest BCUT2D eigenvalue weighted by Gasteiger charge is -1.96. The first-order valence-corrected chi connectivity index (χ1v) is 4.11. The van der Waals surface area contributed by atoms with Crippen molar-refractivity contribution in [3.05, 3.63) is 24.0 Å². The van der Waals surface area contributed by atoms with E-state index in [1.165, 1.54) is 0 Å². The van der Waals surface area contributed by atoms with Crippen molar-refractivity contribution in [2.45, 2.75) is 13.0 Å². The maximum atomic E-state index is 9.20. The molecule has 4 heteroatoms. The zero-order valence-corrected chi connectivity index (χ0v) is 7.28. The predicted molar refractivity (Wildman–Crippen MR) is 50.4 cm³/mol. The van der Waals surface area contributed by atoms with Crippen molar-refractivity contribution in [1.29, 1.82) is 0 Å². The average Bonchev–Trinajstić information content (AvgIpc) is 2.46.